The second-order valence-corrected chi connectivity index (χ2v) is 7.07. The lowest BCUT2D eigenvalue weighted by Crippen LogP contribution is -2.52. The third-order valence-corrected chi connectivity index (χ3v) is 5.23. The van der Waals surface area contributed by atoms with Gasteiger partial charge in [0.25, 0.3) is 5.91 Å². The number of carbonyl (C=O) groups is 2. The van der Waals surface area contributed by atoms with E-state index in [9.17, 15) is 9.59 Å². The van der Waals surface area contributed by atoms with E-state index in [4.69, 9.17) is 11.6 Å². The molecule has 0 bridgehead atoms. The van der Waals surface area contributed by atoms with Crippen LogP contribution in [0.4, 0.5) is 0 Å². The number of benzene rings is 3. The fourth-order valence-corrected chi connectivity index (χ4v) is 3.76. The molecule has 0 aromatic heterocycles. The van der Waals surface area contributed by atoms with E-state index < -0.39 is 6.04 Å². The lowest BCUT2D eigenvalue weighted by atomic mass is 9.99. The second kappa shape index (κ2) is 7.87. The predicted octanol–water partition coefficient (Wildman–Crippen LogP) is 4.32. The van der Waals surface area contributed by atoms with Crippen LogP contribution in [-0.2, 0) is 4.79 Å². The molecule has 1 N–H and O–H groups in total. The largest absolute Gasteiger partial charge is 0.352 e. The molecule has 1 unspecified atom stereocenters. The van der Waals surface area contributed by atoms with Crippen molar-refractivity contribution in [1.82, 2.24) is 10.2 Å². The summed E-state index contributed by atoms with van der Waals surface area (Å²) in [6.07, 6.45) is 0. The monoisotopic (exact) mass is 390 g/mol. The van der Waals surface area contributed by atoms with Gasteiger partial charge in [-0.15, -0.1) is 0 Å². The number of hydrogen-bond donors (Lipinski definition) is 1. The Morgan fingerprint density at radius 2 is 1.64 bits per heavy atom. The van der Waals surface area contributed by atoms with Crippen LogP contribution < -0.4 is 5.32 Å². The van der Waals surface area contributed by atoms with Gasteiger partial charge in [-0.1, -0.05) is 72.3 Å². The standard InChI is InChI=1S/C23H19ClN2O2/c24-20-12-5-4-11-19(20)21-22(27)25-13-14-26(21)23(28)18-10-6-9-17(15-18)16-7-2-1-3-8-16/h1-12,15,21H,13-14H2,(H,25,27). The van der Waals surface area contributed by atoms with E-state index in [0.717, 1.165) is 11.1 Å². The van der Waals surface area contributed by atoms with Crippen molar-refractivity contribution < 1.29 is 9.59 Å². The van der Waals surface area contributed by atoms with Gasteiger partial charge in [0.2, 0.25) is 5.91 Å². The Morgan fingerprint density at radius 3 is 2.43 bits per heavy atom. The highest BCUT2D eigenvalue weighted by Gasteiger charge is 2.35. The Morgan fingerprint density at radius 1 is 0.929 bits per heavy atom. The van der Waals surface area contributed by atoms with E-state index in [1.807, 2.05) is 60.7 Å². The topological polar surface area (TPSA) is 49.4 Å². The minimum absolute atomic E-state index is 0.183. The van der Waals surface area contributed by atoms with E-state index in [0.29, 0.717) is 29.2 Å². The second-order valence-electron chi connectivity index (χ2n) is 6.66. The Bertz CT molecular complexity index is 1020. The van der Waals surface area contributed by atoms with Gasteiger partial charge in [-0.05, 0) is 29.3 Å². The van der Waals surface area contributed by atoms with Crippen molar-refractivity contribution in [2.75, 3.05) is 13.1 Å². The summed E-state index contributed by atoms with van der Waals surface area (Å²) < 4.78 is 0. The van der Waals surface area contributed by atoms with Crippen molar-refractivity contribution in [3.63, 3.8) is 0 Å². The van der Waals surface area contributed by atoms with E-state index in [1.165, 1.54) is 0 Å². The Labute approximate surface area is 168 Å². The van der Waals surface area contributed by atoms with Gasteiger partial charge < -0.3 is 10.2 Å². The Kier molecular flexibility index (Phi) is 5.13. The molecule has 1 aliphatic heterocycles. The zero-order valence-corrected chi connectivity index (χ0v) is 15.9. The fourth-order valence-electron chi connectivity index (χ4n) is 3.52. The smallest absolute Gasteiger partial charge is 0.254 e. The quantitative estimate of drug-likeness (QED) is 0.724. The molecule has 4 rings (SSSR count). The third kappa shape index (κ3) is 3.51. The fraction of sp³-hybridized carbons (Fsp3) is 0.130. The van der Waals surface area contributed by atoms with E-state index >= 15 is 0 Å². The minimum atomic E-state index is -0.740. The molecule has 1 saturated heterocycles. The van der Waals surface area contributed by atoms with Gasteiger partial charge in [-0.3, -0.25) is 9.59 Å². The van der Waals surface area contributed by atoms with Crippen molar-refractivity contribution in [1.29, 1.82) is 0 Å². The van der Waals surface area contributed by atoms with Crippen molar-refractivity contribution in [3.8, 4) is 11.1 Å². The first-order valence-electron chi connectivity index (χ1n) is 9.14. The average Bonchev–Trinajstić information content (AvgIpc) is 2.74. The van der Waals surface area contributed by atoms with Gasteiger partial charge in [-0.25, -0.2) is 0 Å². The molecule has 3 aromatic rings. The van der Waals surface area contributed by atoms with Crippen LogP contribution in [0.5, 0.6) is 0 Å². The summed E-state index contributed by atoms with van der Waals surface area (Å²) in [5, 5.41) is 3.31. The highest BCUT2D eigenvalue weighted by molar-refractivity contribution is 6.31. The molecule has 0 spiro atoms. The number of carbonyl (C=O) groups excluding carboxylic acids is 2. The number of piperazine rings is 1. The number of hydrogen-bond acceptors (Lipinski definition) is 2. The molecule has 28 heavy (non-hydrogen) atoms. The first-order valence-corrected chi connectivity index (χ1v) is 9.51. The van der Waals surface area contributed by atoms with Crippen LogP contribution in [0.1, 0.15) is 22.0 Å². The third-order valence-electron chi connectivity index (χ3n) is 4.89. The maximum atomic E-state index is 13.3. The maximum Gasteiger partial charge on any atom is 0.254 e. The van der Waals surface area contributed by atoms with Crippen molar-refractivity contribution in [3.05, 3.63) is 95.0 Å². The maximum absolute atomic E-state index is 13.3. The van der Waals surface area contributed by atoms with Gasteiger partial charge in [0.1, 0.15) is 6.04 Å². The lowest BCUT2D eigenvalue weighted by Gasteiger charge is -2.35. The lowest BCUT2D eigenvalue weighted by molar-refractivity contribution is -0.128. The first-order chi connectivity index (χ1) is 13.6. The highest BCUT2D eigenvalue weighted by atomic mass is 35.5. The molecule has 2 amide bonds. The molecule has 5 heteroatoms. The van der Waals surface area contributed by atoms with E-state index in [2.05, 4.69) is 5.32 Å². The van der Waals surface area contributed by atoms with Gasteiger partial charge in [0.05, 0.1) is 0 Å². The number of rotatable bonds is 3. The minimum Gasteiger partial charge on any atom is -0.352 e. The van der Waals surface area contributed by atoms with Crippen molar-refractivity contribution in [2.45, 2.75) is 6.04 Å². The number of amides is 2. The van der Waals surface area contributed by atoms with E-state index in [-0.39, 0.29) is 11.8 Å². The molecular weight excluding hydrogens is 372 g/mol. The normalized spacial score (nSPS) is 16.5. The summed E-state index contributed by atoms with van der Waals surface area (Å²) >= 11 is 6.33. The number of nitrogens with zero attached hydrogens (tertiary/aromatic N) is 1. The Hall–Kier alpha value is -3.11. The Balaban J connectivity index is 1.70. The SMILES string of the molecule is O=C1NCCN(C(=O)c2cccc(-c3ccccc3)c2)C1c1ccccc1Cl. The zero-order valence-electron chi connectivity index (χ0n) is 15.1. The zero-order chi connectivity index (χ0) is 19.5. The highest BCUT2D eigenvalue weighted by Crippen LogP contribution is 2.31. The van der Waals surface area contributed by atoms with Gasteiger partial charge in [0.15, 0.2) is 0 Å². The molecular formula is C23H19ClN2O2. The summed E-state index contributed by atoms with van der Waals surface area (Å²) in [6, 6.07) is 23.8. The molecule has 0 saturated carbocycles. The summed E-state index contributed by atoms with van der Waals surface area (Å²) in [6.45, 7) is 0.847. The summed E-state index contributed by atoms with van der Waals surface area (Å²) in [5.41, 5.74) is 3.18. The van der Waals surface area contributed by atoms with Gasteiger partial charge in [-0.2, -0.15) is 0 Å². The molecule has 0 radical (unpaired) electrons. The number of halogens is 1. The van der Waals surface area contributed by atoms with Crippen LogP contribution in [0.2, 0.25) is 5.02 Å². The van der Waals surface area contributed by atoms with Crippen LogP contribution in [0.25, 0.3) is 11.1 Å². The molecule has 140 valence electrons. The van der Waals surface area contributed by atoms with Crippen LogP contribution in [0, 0.1) is 0 Å². The molecule has 3 aromatic carbocycles. The van der Waals surface area contributed by atoms with Crippen LogP contribution in [0.15, 0.2) is 78.9 Å². The molecule has 0 aliphatic carbocycles. The number of nitrogens with one attached hydrogen (secondary N) is 1. The molecule has 1 aliphatic rings. The van der Waals surface area contributed by atoms with Crippen LogP contribution >= 0.6 is 11.6 Å². The molecule has 1 atom stereocenters. The molecule has 1 heterocycles. The first kappa shape index (κ1) is 18.3. The van der Waals surface area contributed by atoms with E-state index in [1.54, 1.807) is 23.1 Å². The van der Waals surface area contributed by atoms with Crippen molar-refractivity contribution in [2.24, 2.45) is 0 Å². The van der Waals surface area contributed by atoms with Gasteiger partial charge in [0, 0.05) is 29.2 Å². The molecule has 1 fully saturated rings. The molecule has 4 nitrogen and oxygen atoms in total. The summed E-state index contributed by atoms with van der Waals surface area (Å²) in [4.78, 5) is 27.5. The predicted molar refractivity (Wildman–Crippen MR) is 110 cm³/mol. The summed E-state index contributed by atoms with van der Waals surface area (Å²) in [7, 11) is 0. The van der Waals surface area contributed by atoms with Crippen LogP contribution in [0.3, 0.4) is 0 Å². The van der Waals surface area contributed by atoms with Gasteiger partial charge >= 0.3 is 0 Å². The summed E-state index contributed by atoms with van der Waals surface area (Å²) in [5.74, 6) is -0.399. The van der Waals surface area contributed by atoms with Crippen molar-refractivity contribution >= 4 is 23.4 Å². The van der Waals surface area contributed by atoms with Crippen LogP contribution in [-0.4, -0.2) is 29.8 Å². The average molecular weight is 391 g/mol.